The monoisotopic (exact) mass is 523 g/mol. The summed E-state index contributed by atoms with van der Waals surface area (Å²) >= 11 is 0. The molecular weight excluding hydrogens is 497 g/mol. The summed E-state index contributed by atoms with van der Waals surface area (Å²) in [5, 5.41) is 12.6. The van der Waals surface area contributed by atoms with Gasteiger partial charge >= 0.3 is 6.18 Å². The highest BCUT2D eigenvalue weighted by molar-refractivity contribution is 5.96. The van der Waals surface area contributed by atoms with E-state index in [0.717, 1.165) is 17.2 Å². The van der Waals surface area contributed by atoms with Crippen LogP contribution in [0.2, 0.25) is 0 Å². The summed E-state index contributed by atoms with van der Waals surface area (Å²) in [6, 6.07) is 3.92. The second-order valence-corrected chi connectivity index (χ2v) is 10.4. The van der Waals surface area contributed by atoms with E-state index in [9.17, 15) is 36.8 Å². The van der Waals surface area contributed by atoms with Gasteiger partial charge in [-0.15, -0.1) is 0 Å². The van der Waals surface area contributed by atoms with Gasteiger partial charge in [-0.25, -0.2) is 13.8 Å². The van der Waals surface area contributed by atoms with Gasteiger partial charge < -0.3 is 10.2 Å². The number of nitriles is 1. The van der Waals surface area contributed by atoms with E-state index >= 15 is 0 Å². The lowest BCUT2D eigenvalue weighted by Crippen LogP contribution is -2.44. The molecule has 0 aromatic carbocycles. The molecule has 2 aromatic rings. The minimum Gasteiger partial charge on any atom is -0.347 e. The van der Waals surface area contributed by atoms with Crippen molar-refractivity contribution in [3.8, 4) is 6.07 Å². The Kier molecular flexibility index (Phi) is 6.15. The molecule has 1 aliphatic carbocycles. The average molecular weight is 524 g/mol. The van der Waals surface area contributed by atoms with Crippen molar-refractivity contribution in [2.75, 3.05) is 0 Å². The highest BCUT2D eigenvalue weighted by Gasteiger charge is 2.48. The van der Waals surface area contributed by atoms with E-state index in [-0.39, 0.29) is 65.9 Å². The Bertz CT molecular complexity index is 1290. The van der Waals surface area contributed by atoms with Crippen LogP contribution in [0.5, 0.6) is 0 Å². The standard InChI is InChI=1S/C25H26F5N5O2/c1-13(36)34-16-2-3-19(34)18(11-16)32-23(37)15-9-17(12-31)35-20(8-14-4-6-24(26,27)7-5-14)22(25(28,29)30)33-21(35)10-15/h9-10,14,16,18-19H,2-8,11H2,1H3,(H,32,37)/t16-,18+,19+/m0/s1. The number of hydrogen-bond acceptors (Lipinski definition) is 4. The van der Waals surface area contributed by atoms with Crippen molar-refractivity contribution in [3.63, 3.8) is 0 Å². The fourth-order valence-corrected chi connectivity index (χ4v) is 6.32. The van der Waals surface area contributed by atoms with E-state index in [0.29, 0.717) is 6.42 Å². The van der Waals surface area contributed by atoms with Crippen LogP contribution in [0.1, 0.15) is 79.3 Å². The number of halogens is 5. The summed E-state index contributed by atoms with van der Waals surface area (Å²) in [5.74, 6) is -3.85. The number of imidazole rings is 1. The molecule has 0 spiro atoms. The van der Waals surface area contributed by atoms with Crippen molar-refractivity contribution in [3.05, 3.63) is 34.8 Å². The van der Waals surface area contributed by atoms with Gasteiger partial charge in [0, 0.05) is 31.4 Å². The number of fused-ring (bicyclic) bond motifs is 3. The number of amides is 2. The third-order valence-corrected chi connectivity index (χ3v) is 8.00. The van der Waals surface area contributed by atoms with Crippen LogP contribution in [-0.2, 0) is 17.4 Å². The van der Waals surface area contributed by atoms with Crippen molar-refractivity contribution in [1.82, 2.24) is 19.6 Å². The van der Waals surface area contributed by atoms with E-state index in [4.69, 9.17) is 0 Å². The van der Waals surface area contributed by atoms with Crippen LogP contribution in [0.4, 0.5) is 22.0 Å². The minimum absolute atomic E-state index is 0.0104. The number of rotatable bonds is 4. The number of aromatic nitrogens is 2. The molecule has 3 fully saturated rings. The molecule has 3 atom stereocenters. The molecule has 5 rings (SSSR count). The van der Waals surface area contributed by atoms with E-state index in [1.807, 2.05) is 6.07 Å². The molecule has 12 heteroatoms. The number of nitrogens with zero attached hydrogens (tertiary/aromatic N) is 4. The Morgan fingerprint density at radius 1 is 1.19 bits per heavy atom. The topological polar surface area (TPSA) is 90.5 Å². The predicted octanol–water partition coefficient (Wildman–Crippen LogP) is 4.47. The van der Waals surface area contributed by atoms with Crippen molar-refractivity contribution >= 4 is 17.5 Å². The van der Waals surface area contributed by atoms with Crippen molar-refractivity contribution in [2.45, 2.75) is 88.5 Å². The van der Waals surface area contributed by atoms with Gasteiger partial charge in [-0.2, -0.15) is 18.4 Å². The van der Waals surface area contributed by atoms with Gasteiger partial charge in [0.05, 0.1) is 17.8 Å². The van der Waals surface area contributed by atoms with Crippen LogP contribution >= 0.6 is 0 Å². The van der Waals surface area contributed by atoms with Gasteiger partial charge in [-0.05, 0) is 56.6 Å². The number of pyridine rings is 1. The van der Waals surface area contributed by atoms with Crippen molar-refractivity contribution in [1.29, 1.82) is 5.26 Å². The van der Waals surface area contributed by atoms with E-state index in [2.05, 4.69) is 10.3 Å². The molecule has 2 aliphatic heterocycles. The van der Waals surface area contributed by atoms with Crippen LogP contribution in [0.15, 0.2) is 12.1 Å². The first-order valence-corrected chi connectivity index (χ1v) is 12.4. The summed E-state index contributed by atoms with van der Waals surface area (Å²) < 4.78 is 70.0. The molecular formula is C25H26F5N5O2. The first kappa shape index (κ1) is 25.4. The smallest absolute Gasteiger partial charge is 0.347 e. The first-order valence-electron chi connectivity index (χ1n) is 12.4. The van der Waals surface area contributed by atoms with Crippen LogP contribution in [-0.4, -0.2) is 50.1 Å². The van der Waals surface area contributed by atoms with Crippen molar-refractivity contribution < 1.29 is 31.5 Å². The third-order valence-electron chi connectivity index (χ3n) is 8.00. The summed E-state index contributed by atoms with van der Waals surface area (Å²) in [5.41, 5.74) is -1.84. The fraction of sp³-hybridized carbons (Fsp3) is 0.600. The Morgan fingerprint density at radius 2 is 1.89 bits per heavy atom. The molecule has 198 valence electrons. The Hall–Kier alpha value is -3.23. The molecule has 0 unspecified atom stereocenters. The second-order valence-electron chi connectivity index (χ2n) is 10.4. The molecule has 1 saturated carbocycles. The highest BCUT2D eigenvalue weighted by Crippen LogP contribution is 2.41. The zero-order valence-corrected chi connectivity index (χ0v) is 20.1. The van der Waals surface area contributed by atoms with Crippen LogP contribution in [0, 0.1) is 17.2 Å². The lowest BCUT2D eigenvalue weighted by molar-refractivity contribution is -0.141. The zero-order chi connectivity index (χ0) is 26.7. The van der Waals surface area contributed by atoms with Gasteiger partial charge in [-0.3, -0.25) is 14.0 Å². The largest absolute Gasteiger partial charge is 0.435 e. The van der Waals surface area contributed by atoms with Gasteiger partial charge in [-0.1, -0.05) is 0 Å². The molecule has 7 nitrogen and oxygen atoms in total. The Balaban J connectivity index is 1.45. The summed E-state index contributed by atoms with van der Waals surface area (Å²) in [6.45, 7) is 1.48. The maximum atomic E-state index is 13.9. The molecule has 2 aromatic heterocycles. The van der Waals surface area contributed by atoms with Crippen molar-refractivity contribution in [2.24, 2.45) is 5.92 Å². The molecule has 4 heterocycles. The fourth-order valence-electron chi connectivity index (χ4n) is 6.32. The van der Waals surface area contributed by atoms with Gasteiger partial charge in [0.25, 0.3) is 5.91 Å². The summed E-state index contributed by atoms with van der Waals surface area (Å²) in [7, 11) is 0. The normalized spacial score (nSPS) is 25.4. The van der Waals surface area contributed by atoms with Gasteiger partial charge in [0.1, 0.15) is 17.4 Å². The summed E-state index contributed by atoms with van der Waals surface area (Å²) in [4.78, 5) is 30.6. The van der Waals surface area contributed by atoms with Gasteiger partial charge in [0.15, 0.2) is 5.69 Å². The molecule has 0 radical (unpaired) electrons. The zero-order valence-electron chi connectivity index (χ0n) is 20.1. The third kappa shape index (κ3) is 4.64. The van der Waals surface area contributed by atoms with Crippen LogP contribution < -0.4 is 5.32 Å². The number of carbonyl (C=O) groups is 2. The van der Waals surface area contributed by atoms with E-state index in [1.54, 1.807) is 4.90 Å². The maximum absolute atomic E-state index is 13.9. The van der Waals surface area contributed by atoms with Gasteiger partial charge in [0.2, 0.25) is 11.8 Å². The van der Waals surface area contributed by atoms with Crippen LogP contribution in [0.25, 0.3) is 5.65 Å². The second kappa shape index (κ2) is 8.96. The van der Waals surface area contributed by atoms with E-state index < -0.39 is 42.5 Å². The predicted molar refractivity (Wildman–Crippen MR) is 121 cm³/mol. The molecule has 2 bridgehead atoms. The maximum Gasteiger partial charge on any atom is 0.435 e. The lowest BCUT2D eigenvalue weighted by atomic mass is 9.83. The summed E-state index contributed by atoms with van der Waals surface area (Å²) in [6.07, 6.45) is -3.42. The minimum atomic E-state index is -4.83. The number of carbonyl (C=O) groups excluding carboxylic acids is 2. The quantitative estimate of drug-likeness (QED) is 0.599. The van der Waals surface area contributed by atoms with Crippen LogP contribution in [0.3, 0.4) is 0 Å². The lowest BCUT2D eigenvalue weighted by Gasteiger charge is -2.28. The SMILES string of the molecule is CC(=O)N1[C@H]2CC[C@@H]1[C@H](NC(=O)c1cc(C#N)n3c(CC4CCC(F)(F)CC4)c(C(F)(F)F)nc3c1)C2. The Morgan fingerprint density at radius 3 is 2.49 bits per heavy atom. The highest BCUT2D eigenvalue weighted by atomic mass is 19.4. The number of nitrogens with one attached hydrogen (secondary N) is 1. The Labute approximate surface area is 209 Å². The number of alkyl halides is 5. The average Bonchev–Trinajstić information content (AvgIpc) is 3.50. The molecule has 1 N–H and O–H groups in total. The first-order chi connectivity index (χ1) is 17.4. The molecule has 2 saturated heterocycles. The molecule has 2 amide bonds. The molecule has 37 heavy (non-hydrogen) atoms. The molecule has 3 aliphatic rings. The van der Waals surface area contributed by atoms with E-state index in [1.165, 1.54) is 19.1 Å². The number of hydrogen-bond donors (Lipinski definition) is 1.